The third-order valence-corrected chi connectivity index (χ3v) is 2.38. The van der Waals surface area contributed by atoms with E-state index in [0.717, 1.165) is 6.21 Å². The Balaban J connectivity index is 3.14. The Morgan fingerprint density at radius 2 is 2.17 bits per heavy atom. The van der Waals surface area contributed by atoms with Crippen molar-refractivity contribution >= 4 is 17.9 Å². The SMILES string of the molecule is CO[C@@H](C)/C(Nc1ccncc1)=C(/C=N)C(=O)O. The Kier molecular flexibility index (Phi) is 5.01. The average molecular weight is 249 g/mol. The van der Waals surface area contributed by atoms with Gasteiger partial charge in [0.15, 0.2) is 0 Å². The normalized spacial score (nSPS) is 13.4. The molecule has 0 aromatic carbocycles. The maximum atomic E-state index is 11.1. The van der Waals surface area contributed by atoms with Gasteiger partial charge in [-0.05, 0) is 19.1 Å². The van der Waals surface area contributed by atoms with Crippen molar-refractivity contribution in [3.8, 4) is 0 Å². The molecular weight excluding hydrogens is 234 g/mol. The molecule has 6 heteroatoms. The van der Waals surface area contributed by atoms with Gasteiger partial charge >= 0.3 is 5.97 Å². The number of pyridine rings is 1. The van der Waals surface area contributed by atoms with Crippen molar-refractivity contribution in [2.75, 3.05) is 12.4 Å². The third kappa shape index (κ3) is 3.39. The summed E-state index contributed by atoms with van der Waals surface area (Å²) < 4.78 is 5.11. The van der Waals surface area contributed by atoms with E-state index in [0.29, 0.717) is 11.4 Å². The van der Waals surface area contributed by atoms with Crippen LogP contribution in [-0.4, -0.2) is 35.5 Å². The van der Waals surface area contributed by atoms with Crippen LogP contribution in [0.25, 0.3) is 0 Å². The molecule has 1 atom stereocenters. The van der Waals surface area contributed by atoms with Crippen molar-refractivity contribution in [1.29, 1.82) is 5.41 Å². The van der Waals surface area contributed by atoms with Gasteiger partial charge in [-0.1, -0.05) is 0 Å². The van der Waals surface area contributed by atoms with E-state index in [1.165, 1.54) is 7.11 Å². The summed E-state index contributed by atoms with van der Waals surface area (Å²) in [6.07, 6.45) is 3.50. The number of nitrogens with zero attached hydrogens (tertiary/aromatic N) is 1. The van der Waals surface area contributed by atoms with Crippen LogP contribution in [0.4, 0.5) is 5.69 Å². The molecule has 0 aliphatic carbocycles. The van der Waals surface area contributed by atoms with Gasteiger partial charge in [-0.25, -0.2) is 4.79 Å². The maximum Gasteiger partial charge on any atom is 0.339 e. The molecule has 0 saturated carbocycles. The summed E-state index contributed by atoms with van der Waals surface area (Å²) in [5.41, 5.74) is 0.872. The highest BCUT2D eigenvalue weighted by Gasteiger charge is 2.18. The molecule has 0 amide bonds. The van der Waals surface area contributed by atoms with E-state index in [2.05, 4.69) is 10.3 Å². The molecule has 6 nitrogen and oxygen atoms in total. The number of nitrogens with one attached hydrogen (secondary N) is 2. The highest BCUT2D eigenvalue weighted by Crippen LogP contribution is 2.15. The molecular formula is C12H15N3O3. The van der Waals surface area contributed by atoms with E-state index in [-0.39, 0.29) is 5.57 Å². The van der Waals surface area contributed by atoms with E-state index >= 15 is 0 Å². The molecule has 0 radical (unpaired) electrons. The minimum atomic E-state index is -1.18. The average Bonchev–Trinajstić information content (AvgIpc) is 2.38. The van der Waals surface area contributed by atoms with Gasteiger partial charge in [0, 0.05) is 31.4 Å². The Bertz CT molecular complexity index is 457. The molecule has 0 spiro atoms. The second-order valence-electron chi connectivity index (χ2n) is 3.52. The number of carboxylic acid groups (broad SMARTS) is 1. The van der Waals surface area contributed by atoms with Gasteiger partial charge in [0.25, 0.3) is 0 Å². The molecule has 0 saturated heterocycles. The number of anilines is 1. The zero-order chi connectivity index (χ0) is 13.5. The number of carbonyl (C=O) groups is 1. The quantitative estimate of drug-likeness (QED) is 0.524. The predicted molar refractivity (Wildman–Crippen MR) is 67.8 cm³/mol. The van der Waals surface area contributed by atoms with Gasteiger partial charge in [-0.2, -0.15) is 0 Å². The lowest BCUT2D eigenvalue weighted by Gasteiger charge is -2.18. The fraction of sp³-hybridized carbons (Fsp3) is 0.250. The number of hydrogen-bond donors (Lipinski definition) is 3. The molecule has 0 aliphatic heterocycles. The molecule has 0 aliphatic rings. The standard InChI is InChI=1S/C12H15N3O3/c1-8(18-2)11(10(7-13)12(16)17)15-9-3-5-14-6-4-9/h3-8,13H,1-2H3,(H,14,15)(H,16,17)/b11-10+,13-7?/t8-/m0/s1. The zero-order valence-corrected chi connectivity index (χ0v) is 10.2. The van der Waals surface area contributed by atoms with Crippen LogP contribution in [0.2, 0.25) is 0 Å². The largest absolute Gasteiger partial charge is 0.478 e. The van der Waals surface area contributed by atoms with E-state index in [9.17, 15) is 4.79 Å². The lowest BCUT2D eigenvalue weighted by molar-refractivity contribution is -0.132. The second kappa shape index (κ2) is 6.51. The lowest BCUT2D eigenvalue weighted by Crippen LogP contribution is -2.22. The first-order valence-corrected chi connectivity index (χ1v) is 5.28. The van der Waals surface area contributed by atoms with Crippen molar-refractivity contribution in [3.63, 3.8) is 0 Å². The van der Waals surface area contributed by atoms with Gasteiger partial charge in [0.2, 0.25) is 0 Å². The fourth-order valence-electron chi connectivity index (χ4n) is 1.35. The van der Waals surface area contributed by atoms with Crippen LogP contribution >= 0.6 is 0 Å². The molecule has 3 N–H and O–H groups in total. The van der Waals surface area contributed by atoms with Crippen molar-refractivity contribution in [1.82, 2.24) is 4.98 Å². The summed E-state index contributed by atoms with van der Waals surface area (Å²) in [6.45, 7) is 1.70. The monoisotopic (exact) mass is 249 g/mol. The maximum absolute atomic E-state index is 11.1. The van der Waals surface area contributed by atoms with Crippen LogP contribution in [0.1, 0.15) is 6.92 Å². The highest BCUT2D eigenvalue weighted by molar-refractivity contribution is 6.08. The molecule has 96 valence electrons. The molecule has 1 heterocycles. The van der Waals surface area contributed by atoms with Gasteiger partial charge in [0.05, 0.1) is 17.4 Å². The number of rotatable bonds is 6. The summed E-state index contributed by atoms with van der Waals surface area (Å²) in [5.74, 6) is -1.18. The first kappa shape index (κ1) is 13.9. The molecule has 0 bridgehead atoms. The number of aromatic nitrogens is 1. The van der Waals surface area contributed by atoms with Crippen molar-refractivity contribution < 1.29 is 14.6 Å². The van der Waals surface area contributed by atoms with E-state index in [1.54, 1.807) is 31.5 Å². The van der Waals surface area contributed by atoms with E-state index in [1.807, 2.05) is 0 Å². The van der Waals surface area contributed by atoms with Crippen LogP contribution in [0, 0.1) is 5.41 Å². The molecule has 1 aromatic heterocycles. The minimum absolute atomic E-state index is 0.138. The Labute approximate surface area is 105 Å². The Morgan fingerprint density at radius 3 is 2.61 bits per heavy atom. The Hall–Kier alpha value is -2.21. The first-order chi connectivity index (χ1) is 8.60. The number of carboxylic acids is 1. The summed E-state index contributed by atoms with van der Waals surface area (Å²) in [7, 11) is 1.47. The summed E-state index contributed by atoms with van der Waals surface area (Å²) in [4.78, 5) is 14.9. The summed E-state index contributed by atoms with van der Waals surface area (Å²) in [5, 5.41) is 19.2. The van der Waals surface area contributed by atoms with Crippen LogP contribution in [0.3, 0.4) is 0 Å². The minimum Gasteiger partial charge on any atom is -0.478 e. The lowest BCUT2D eigenvalue weighted by atomic mass is 10.1. The molecule has 18 heavy (non-hydrogen) atoms. The van der Waals surface area contributed by atoms with Crippen molar-refractivity contribution in [3.05, 3.63) is 35.8 Å². The third-order valence-electron chi connectivity index (χ3n) is 2.38. The first-order valence-electron chi connectivity index (χ1n) is 5.28. The molecule has 0 unspecified atom stereocenters. The topological polar surface area (TPSA) is 95.3 Å². The number of aliphatic carboxylic acids is 1. The fourth-order valence-corrected chi connectivity index (χ4v) is 1.35. The second-order valence-corrected chi connectivity index (χ2v) is 3.52. The number of ether oxygens (including phenoxy) is 1. The van der Waals surface area contributed by atoms with Crippen LogP contribution in [-0.2, 0) is 9.53 Å². The number of hydrogen-bond acceptors (Lipinski definition) is 5. The van der Waals surface area contributed by atoms with Gasteiger partial charge < -0.3 is 20.6 Å². The smallest absolute Gasteiger partial charge is 0.339 e. The van der Waals surface area contributed by atoms with Gasteiger partial charge in [0.1, 0.15) is 0 Å². The van der Waals surface area contributed by atoms with Crippen molar-refractivity contribution in [2.24, 2.45) is 0 Å². The molecule has 1 aromatic rings. The zero-order valence-electron chi connectivity index (χ0n) is 10.2. The van der Waals surface area contributed by atoms with E-state index in [4.69, 9.17) is 15.3 Å². The van der Waals surface area contributed by atoms with Crippen LogP contribution in [0.5, 0.6) is 0 Å². The van der Waals surface area contributed by atoms with Crippen molar-refractivity contribution in [2.45, 2.75) is 13.0 Å². The summed E-state index contributed by atoms with van der Waals surface area (Å²) >= 11 is 0. The van der Waals surface area contributed by atoms with Crippen LogP contribution in [0.15, 0.2) is 35.8 Å². The highest BCUT2D eigenvalue weighted by atomic mass is 16.5. The molecule has 0 fully saturated rings. The summed E-state index contributed by atoms with van der Waals surface area (Å²) in [6, 6.07) is 3.40. The predicted octanol–water partition coefficient (Wildman–Crippen LogP) is 1.52. The van der Waals surface area contributed by atoms with Gasteiger partial charge in [-0.3, -0.25) is 4.98 Å². The van der Waals surface area contributed by atoms with E-state index < -0.39 is 12.1 Å². The number of methoxy groups -OCH3 is 1. The molecule has 1 rings (SSSR count). The Morgan fingerprint density at radius 1 is 1.56 bits per heavy atom. The van der Waals surface area contributed by atoms with Crippen LogP contribution < -0.4 is 5.32 Å². The van der Waals surface area contributed by atoms with Gasteiger partial charge in [-0.15, -0.1) is 0 Å².